The number of aromatic nitrogens is 3. The van der Waals surface area contributed by atoms with E-state index >= 15 is 0 Å². The van der Waals surface area contributed by atoms with Crippen molar-refractivity contribution in [2.75, 3.05) is 0 Å². The Hall–Kier alpha value is -1.67. The number of alkyl halides is 3. The number of aromatic amines is 1. The lowest BCUT2D eigenvalue weighted by atomic mass is 10.1. The second-order valence-corrected chi connectivity index (χ2v) is 4.27. The maximum Gasteiger partial charge on any atom is 0.416 e. The van der Waals surface area contributed by atoms with Gasteiger partial charge in [0.1, 0.15) is 6.61 Å². The molecule has 0 aliphatic heterocycles. The van der Waals surface area contributed by atoms with E-state index < -0.39 is 11.7 Å². The van der Waals surface area contributed by atoms with Gasteiger partial charge in [0.2, 0.25) is 0 Å². The first-order valence-corrected chi connectivity index (χ1v) is 5.73. The number of aliphatic hydroxyl groups is 1. The van der Waals surface area contributed by atoms with Crippen LogP contribution in [0.25, 0.3) is 0 Å². The minimum absolute atomic E-state index is 0.120. The fourth-order valence-corrected chi connectivity index (χ4v) is 1.88. The summed E-state index contributed by atoms with van der Waals surface area (Å²) in [4.78, 5) is 0. The molecule has 0 amide bonds. The molecule has 0 atom stereocenters. The Labute approximate surface area is 111 Å². The molecule has 0 aliphatic carbocycles. The summed E-state index contributed by atoms with van der Waals surface area (Å²) in [5, 5.41) is 15.3. The maximum absolute atomic E-state index is 12.6. The number of halogens is 3. The fraction of sp³-hybridized carbons (Fsp3) is 0.273. The van der Waals surface area contributed by atoms with Crippen LogP contribution in [0.2, 0.25) is 0 Å². The molecule has 8 heteroatoms. The molecule has 1 heterocycles. The van der Waals surface area contributed by atoms with Crippen molar-refractivity contribution in [3.05, 3.63) is 46.0 Å². The van der Waals surface area contributed by atoms with Crippen LogP contribution in [0.4, 0.5) is 13.2 Å². The predicted octanol–water partition coefficient (Wildman–Crippen LogP) is 2.50. The first-order valence-electron chi connectivity index (χ1n) is 5.33. The van der Waals surface area contributed by atoms with Crippen LogP contribution in [0.15, 0.2) is 24.3 Å². The Morgan fingerprint density at radius 3 is 2.74 bits per heavy atom. The molecule has 2 aromatic rings. The van der Waals surface area contributed by atoms with E-state index in [9.17, 15) is 13.2 Å². The van der Waals surface area contributed by atoms with Crippen LogP contribution in [0.3, 0.4) is 0 Å². The van der Waals surface area contributed by atoms with Crippen LogP contribution in [0.5, 0.6) is 0 Å². The van der Waals surface area contributed by atoms with Gasteiger partial charge in [0, 0.05) is 0 Å². The van der Waals surface area contributed by atoms with Crippen molar-refractivity contribution in [2.24, 2.45) is 0 Å². The average Bonchev–Trinajstić information content (AvgIpc) is 2.70. The quantitative estimate of drug-likeness (QED) is 0.854. The van der Waals surface area contributed by atoms with E-state index in [2.05, 4.69) is 10.2 Å². The molecular weight excluding hydrogens is 279 g/mol. The van der Waals surface area contributed by atoms with E-state index in [1.807, 2.05) is 0 Å². The normalized spacial score (nSPS) is 11.8. The lowest BCUT2D eigenvalue weighted by Gasteiger charge is -2.10. The molecule has 4 nitrogen and oxygen atoms in total. The van der Waals surface area contributed by atoms with Crippen LogP contribution < -0.4 is 0 Å². The minimum atomic E-state index is -4.38. The van der Waals surface area contributed by atoms with E-state index in [0.717, 1.165) is 12.1 Å². The zero-order chi connectivity index (χ0) is 14.0. The number of hydrogen-bond donors (Lipinski definition) is 2. The first kappa shape index (κ1) is 13.8. The molecule has 19 heavy (non-hydrogen) atoms. The van der Waals surface area contributed by atoms with Gasteiger partial charge in [0.25, 0.3) is 0 Å². The topological polar surface area (TPSA) is 53.8 Å². The first-order chi connectivity index (χ1) is 8.91. The molecule has 1 aromatic heterocycles. The molecule has 0 bridgehead atoms. The molecule has 0 saturated heterocycles. The third kappa shape index (κ3) is 3.02. The standard InChI is InChI=1S/C11H10F3N3OS/c12-11(13,14)8-3-1-2-7(4-8)5-17-9(6-18)15-16-10(17)19/h1-4,18H,5-6H2,(H,16,19). The number of aliphatic hydroxyl groups excluding tert-OH is 1. The molecule has 0 fully saturated rings. The zero-order valence-corrected chi connectivity index (χ0v) is 10.4. The molecule has 0 spiro atoms. The summed E-state index contributed by atoms with van der Waals surface area (Å²) >= 11 is 4.96. The molecule has 0 saturated carbocycles. The molecule has 0 aliphatic rings. The van der Waals surface area contributed by atoms with Crippen LogP contribution in [-0.4, -0.2) is 19.9 Å². The van der Waals surface area contributed by atoms with E-state index in [-0.39, 0.29) is 23.7 Å². The van der Waals surface area contributed by atoms with Crippen molar-refractivity contribution in [2.45, 2.75) is 19.3 Å². The Morgan fingerprint density at radius 2 is 2.11 bits per heavy atom. The van der Waals surface area contributed by atoms with Crippen molar-refractivity contribution >= 4 is 12.2 Å². The van der Waals surface area contributed by atoms with Crippen molar-refractivity contribution in [3.8, 4) is 0 Å². The van der Waals surface area contributed by atoms with Gasteiger partial charge in [-0.1, -0.05) is 12.1 Å². The molecule has 2 N–H and O–H groups in total. The van der Waals surface area contributed by atoms with Crippen LogP contribution in [-0.2, 0) is 19.3 Å². The third-order valence-electron chi connectivity index (χ3n) is 2.57. The molecule has 2 rings (SSSR count). The van der Waals surface area contributed by atoms with Crippen molar-refractivity contribution < 1.29 is 18.3 Å². The van der Waals surface area contributed by atoms with Crippen molar-refractivity contribution in [1.82, 2.24) is 14.8 Å². The minimum Gasteiger partial charge on any atom is -0.388 e. The van der Waals surface area contributed by atoms with Crippen molar-refractivity contribution in [3.63, 3.8) is 0 Å². The summed E-state index contributed by atoms with van der Waals surface area (Å²) in [5.74, 6) is 0.280. The van der Waals surface area contributed by atoms with E-state index in [0.29, 0.717) is 5.56 Å². The van der Waals surface area contributed by atoms with E-state index in [1.54, 1.807) is 6.07 Å². The summed E-state index contributed by atoms with van der Waals surface area (Å²) < 4.78 is 39.5. The van der Waals surface area contributed by atoms with Gasteiger partial charge in [-0.3, -0.25) is 9.67 Å². The van der Waals surface area contributed by atoms with Gasteiger partial charge < -0.3 is 5.11 Å². The summed E-state index contributed by atoms with van der Waals surface area (Å²) in [6.07, 6.45) is -4.38. The molecular formula is C11H10F3N3OS. The van der Waals surface area contributed by atoms with Gasteiger partial charge in [0.05, 0.1) is 12.1 Å². The van der Waals surface area contributed by atoms with Gasteiger partial charge in [0.15, 0.2) is 10.6 Å². The number of nitrogens with zero attached hydrogens (tertiary/aromatic N) is 2. The van der Waals surface area contributed by atoms with Gasteiger partial charge in [-0.05, 0) is 29.9 Å². The smallest absolute Gasteiger partial charge is 0.388 e. The molecule has 0 unspecified atom stereocenters. The zero-order valence-electron chi connectivity index (χ0n) is 9.61. The molecule has 0 radical (unpaired) electrons. The summed E-state index contributed by atoms with van der Waals surface area (Å²) in [7, 11) is 0. The van der Waals surface area contributed by atoms with E-state index in [4.69, 9.17) is 17.3 Å². The Bertz CT molecular complexity index is 633. The van der Waals surface area contributed by atoms with Gasteiger partial charge in [-0.2, -0.15) is 18.3 Å². The lowest BCUT2D eigenvalue weighted by molar-refractivity contribution is -0.137. The summed E-state index contributed by atoms with van der Waals surface area (Å²) in [5.41, 5.74) is -0.285. The SMILES string of the molecule is OCc1n[nH]c(=S)n1Cc1cccc(C(F)(F)F)c1. The average molecular weight is 289 g/mol. The van der Waals surface area contributed by atoms with E-state index in [1.165, 1.54) is 10.6 Å². The highest BCUT2D eigenvalue weighted by Crippen LogP contribution is 2.29. The van der Waals surface area contributed by atoms with Crippen molar-refractivity contribution in [1.29, 1.82) is 0 Å². The van der Waals surface area contributed by atoms with Crippen LogP contribution in [0.1, 0.15) is 17.0 Å². The lowest BCUT2D eigenvalue weighted by Crippen LogP contribution is -2.08. The monoisotopic (exact) mass is 289 g/mol. The summed E-state index contributed by atoms with van der Waals surface area (Å²) in [6.45, 7) is -0.221. The highest BCUT2D eigenvalue weighted by molar-refractivity contribution is 7.71. The third-order valence-corrected chi connectivity index (χ3v) is 2.89. The Morgan fingerprint density at radius 1 is 1.37 bits per heavy atom. The van der Waals surface area contributed by atoms with Gasteiger partial charge >= 0.3 is 6.18 Å². The highest BCUT2D eigenvalue weighted by Gasteiger charge is 2.30. The number of nitrogens with one attached hydrogen (secondary N) is 1. The van der Waals surface area contributed by atoms with Crippen LogP contribution >= 0.6 is 12.2 Å². The second kappa shape index (κ2) is 5.14. The highest BCUT2D eigenvalue weighted by atomic mass is 32.1. The number of benzene rings is 1. The van der Waals surface area contributed by atoms with Crippen LogP contribution in [0, 0.1) is 4.77 Å². The predicted molar refractivity (Wildman–Crippen MR) is 63.9 cm³/mol. The number of rotatable bonds is 3. The fourth-order valence-electron chi connectivity index (χ4n) is 1.66. The molecule has 102 valence electrons. The van der Waals surface area contributed by atoms with Gasteiger partial charge in [-0.25, -0.2) is 0 Å². The Kier molecular flexibility index (Phi) is 3.72. The Balaban J connectivity index is 2.34. The number of hydrogen-bond acceptors (Lipinski definition) is 3. The maximum atomic E-state index is 12.6. The second-order valence-electron chi connectivity index (χ2n) is 3.89. The largest absolute Gasteiger partial charge is 0.416 e. The van der Waals surface area contributed by atoms with Gasteiger partial charge in [-0.15, -0.1) is 0 Å². The summed E-state index contributed by atoms with van der Waals surface area (Å²) in [6, 6.07) is 4.95. The molecule has 1 aromatic carbocycles. The number of H-pyrrole nitrogens is 1.